The molecule has 1 atom stereocenters. The van der Waals surface area contributed by atoms with Gasteiger partial charge in [-0.05, 0) is 0 Å². The first kappa shape index (κ1) is 12.3. The Labute approximate surface area is 87.6 Å². The number of nitrogens with one attached hydrogen (secondary N) is 1. The highest BCUT2D eigenvalue weighted by Gasteiger charge is 2.46. The third-order valence-corrected chi connectivity index (χ3v) is 1.85. The van der Waals surface area contributed by atoms with Crippen molar-refractivity contribution in [3.8, 4) is 0 Å². The Hall–Kier alpha value is -0.730. The van der Waals surface area contributed by atoms with Crippen LogP contribution in [-0.4, -0.2) is 67.1 Å². The molecule has 3 N–H and O–H groups in total. The molecule has 1 aliphatic rings. The van der Waals surface area contributed by atoms with Crippen molar-refractivity contribution >= 4 is 5.91 Å². The summed E-state index contributed by atoms with van der Waals surface area (Å²) in [5.74, 6) is -0.129. The van der Waals surface area contributed by atoms with Crippen molar-refractivity contribution in [2.75, 3.05) is 39.8 Å². The summed E-state index contributed by atoms with van der Waals surface area (Å²) < 4.78 is 10.0. The van der Waals surface area contributed by atoms with E-state index in [4.69, 9.17) is 19.7 Å². The van der Waals surface area contributed by atoms with Gasteiger partial charge in [-0.3, -0.25) is 10.1 Å². The predicted octanol–water partition coefficient (Wildman–Crippen LogP) is -2.32. The molecule has 1 saturated heterocycles. The SMILES string of the molecule is O=C1C(OCOCNCCO)N1CCO. The third kappa shape index (κ3) is 4.10. The van der Waals surface area contributed by atoms with Crippen LogP contribution < -0.4 is 5.32 Å². The van der Waals surface area contributed by atoms with Gasteiger partial charge in [0.1, 0.15) is 0 Å². The maximum absolute atomic E-state index is 11.0. The zero-order chi connectivity index (χ0) is 11.1. The van der Waals surface area contributed by atoms with E-state index in [1.807, 2.05) is 0 Å². The molecule has 1 heterocycles. The lowest BCUT2D eigenvalue weighted by Gasteiger charge is -2.05. The van der Waals surface area contributed by atoms with E-state index in [9.17, 15) is 4.79 Å². The van der Waals surface area contributed by atoms with Crippen molar-refractivity contribution in [2.24, 2.45) is 0 Å². The number of nitrogens with zero attached hydrogens (tertiary/aromatic N) is 1. The average Bonchev–Trinajstić information content (AvgIpc) is 2.83. The Kier molecular flexibility index (Phi) is 5.51. The molecule has 1 unspecified atom stereocenters. The molecule has 0 saturated carbocycles. The number of ether oxygens (including phenoxy) is 2. The maximum atomic E-state index is 11.0. The number of carbonyl (C=O) groups is 1. The summed E-state index contributed by atoms with van der Waals surface area (Å²) in [6.45, 7) is 1.02. The highest BCUT2D eigenvalue weighted by Crippen LogP contribution is 2.19. The van der Waals surface area contributed by atoms with Crippen molar-refractivity contribution in [3.05, 3.63) is 0 Å². The van der Waals surface area contributed by atoms with Gasteiger partial charge in [0.05, 0.1) is 19.9 Å². The number of β-amino-alcohol motifs (C(OH)–C–C–N with tert-alkyl or cyclic N) is 1. The first-order valence-corrected chi connectivity index (χ1v) is 4.73. The van der Waals surface area contributed by atoms with Gasteiger partial charge < -0.3 is 24.6 Å². The molecule has 0 aromatic carbocycles. The summed E-state index contributed by atoms with van der Waals surface area (Å²) in [7, 11) is 0. The lowest BCUT2D eigenvalue weighted by Crippen LogP contribution is -2.22. The molecule has 0 aromatic heterocycles. The zero-order valence-corrected chi connectivity index (χ0v) is 8.39. The fourth-order valence-electron chi connectivity index (χ4n) is 1.07. The molecular weight excluding hydrogens is 204 g/mol. The van der Waals surface area contributed by atoms with E-state index >= 15 is 0 Å². The van der Waals surface area contributed by atoms with Crippen molar-refractivity contribution in [1.82, 2.24) is 10.2 Å². The Morgan fingerprint density at radius 3 is 2.87 bits per heavy atom. The van der Waals surface area contributed by atoms with Gasteiger partial charge in [0.2, 0.25) is 6.23 Å². The lowest BCUT2D eigenvalue weighted by molar-refractivity contribution is -0.119. The molecule has 7 nitrogen and oxygen atoms in total. The van der Waals surface area contributed by atoms with Crippen LogP contribution in [0.2, 0.25) is 0 Å². The Morgan fingerprint density at radius 1 is 1.40 bits per heavy atom. The quantitative estimate of drug-likeness (QED) is 0.229. The second-order valence-corrected chi connectivity index (χ2v) is 2.96. The number of carbonyl (C=O) groups excluding carboxylic acids is 1. The smallest absolute Gasteiger partial charge is 0.275 e. The molecule has 0 spiro atoms. The van der Waals surface area contributed by atoms with Crippen molar-refractivity contribution in [2.45, 2.75) is 6.23 Å². The first-order chi connectivity index (χ1) is 7.31. The minimum absolute atomic E-state index is 0.0107. The van der Waals surface area contributed by atoms with Gasteiger partial charge in [-0.1, -0.05) is 0 Å². The van der Waals surface area contributed by atoms with E-state index in [0.717, 1.165) is 0 Å². The summed E-state index contributed by atoms with van der Waals surface area (Å²) in [6.07, 6.45) is -0.560. The standard InChI is InChI=1S/C8H16N2O5/c11-3-1-9-5-14-6-15-8-7(13)10(8)2-4-12/h8-9,11-12H,1-6H2. The molecule has 1 fully saturated rings. The van der Waals surface area contributed by atoms with Crippen molar-refractivity contribution in [1.29, 1.82) is 0 Å². The van der Waals surface area contributed by atoms with E-state index in [1.54, 1.807) is 0 Å². The Bertz CT molecular complexity index is 201. The molecule has 1 amide bonds. The van der Waals surface area contributed by atoms with Crippen LogP contribution in [0.25, 0.3) is 0 Å². The number of hydrogen-bond donors (Lipinski definition) is 3. The topological polar surface area (TPSA) is 91.0 Å². The molecule has 0 radical (unpaired) electrons. The molecule has 1 rings (SSSR count). The van der Waals surface area contributed by atoms with E-state index in [1.165, 1.54) is 4.90 Å². The monoisotopic (exact) mass is 220 g/mol. The third-order valence-electron chi connectivity index (χ3n) is 1.85. The summed E-state index contributed by atoms with van der Waals surface area (Å²) >= 11 is 0. The molecular formula is C8H16N2O5. The largest absolute Gasteiger partial charge is 0.395 e. The highest BCUT2D eigenvalue weighted by atomic mass is 16.7. The minimum Gasteiger partial charge on any atom is -0.395 e. The summed E-state index contributed by atoms with van der Waals surface area (Å²) in [5, 5.41) is 19.8. The van der Waals surface area contributed by atoms with Crippen LogP contribution >= 0.6 is 0 Å². The number of amides is 1. The molecule has 0 aromatic rings. The second-order valence-electron chi connectivity index (χ2n) is 2.96. The van der Waals surface area contributed by atoms with Crippen LogP contribution in [0.1, 0.15) is 0 Å². The molecule has 7 heteroatoms. The van der Waals surface area contributed by atoms with Gasteiger partial charge in [-0.15, -0.1) is 0 Å². The van der Waals surface area contributed by atoms with Gasteiger partial charge in [0.15, 0.2) is 6.79 Å². The Balaban J connectivity index is 1.91. The second kappa shape index (κ2) is 6.70. The molecule has 1 aliphatic heterocycles. The van der Waals surface area contributed by atoms with E-state index in [-0.39, 0.29) is 32.6 Å². The highest BCUT2D eigenvalue weighted by molar-refractivity contribution is 5.95. The molecule has 0 bridgehead atoms. The number of aliphatic hydroxyl groups excluding tert-OH is 2. The van der Waals surface area contributed by atoms with E-state index in [2.05, 4.69) is 5.32 Å². The fraction of sp³-hybridized carbons (Fsp3) is 0.875. The number of rotatable bonds is 9. The van der Waals surface area contributed by atoms with Crippen LogP contribution in [0.15, 0.2) is 0 Å². The van der Waals surface area contributed by atoms with Crippen LogP contribution in [-0.2, 0) is 14.3 Å². The summed E-state index contributed by atoms with van der Waals surface area (Å²) in [5.41, 5.74) is 0. The van der Waals surface area contributed by atoms with Gasteiger partial charge in [0, 0.05) is 13.1 Å². The molecule has 15 heavy (non-hydrogen) atoms. The summed E-state index contributed by atoms with van der Waals surface area (Å²) in [6, 6.07) is 0. The van der Waals surface area contributed by atoms with Crippen molar-refractivity contribution in [3.63, 3.8) is 0 Å². The van der Waals surface area contributed by atoms with Gasteiger partial charge in [0.25, 0.3) is 5.91 Å². The number of aliphatic hydroxyl groups is 2. The number of hydrogen-bond acceptors (Lipinski definition) is 6. The van der Waals surface area contributed by atoms with Gasteiger partial charge >= 0.3 is 0 Å². The summed E-state index contributed by atoms with van der Waals surface area (Å²) in [4.78, 5) is 12.4. The zero-order valence-electron chi connectivity index (χ0n) is 8.39. The average molecular weight is 220 g/mol. The molecule has 0 aliphatic carbocycles. The lowest BCUT2D eigenvalue weighted by atomic mass is 10.7. The molecule has 88 valence electrons. The normalized spacial score (nSPS) is 19.7. The first-order valence-electron chi connectivity index (χ1n) is 4.73. The maximum Gasteiger partial charge on any atom is 0.275 e. The minimum atomic E-state index is -0.560. The van der Waals surface area contributed by atoms with E-state index < -0.39 is 6.23 Å². The van der Waals surface area contributed by atoms with Crippen LogP contribution in [0, 0.1) is 0 Å². The van der Waals surface area contributed by atoms with Gasteiger partial charge in [-0.25, -0.2) is 0 Å². The van der Waals surface area contributed by atoms with Crippen LogP contribution in [0.4, 0.5) is 0 Å². The van der Waals surface area contributed by atoms with Crippen molar-refractivity contribution < 1.29 is 24.5 Å². The fourth-order valence-corrected chi connectivity index (χ4v) is 1.07. The van der Waals surface area contributed by atoms with Gasteiger partial charge in [-0.2, -0.15) is 0 Å². The van der Waals surface area contributed by atoms with E-state index in [0.29, 0.717) is 13.1 Å². The predicted molar refractivity (Wildman–Crippen MR) is 49.6 cm³/mol. The van der Waals surface area contributed by atoms with Crippen LogP contribution in [0.5, 0.6) is 0 Å². The Morgan fingerprint density at radius 2 is 2.20 bits per heavy atom. The van der Waals surface area contributed by atoms with Crippen LogP contribution in [0.3, 0.4) is 0 Å².